The fraction of sp³-hybridized carbons (Fsp3) is 0. The number of carbonyl (C=O) groups is 1. The Morgan fingerprint density at radius 3 is 2.71 bits per heavy atom. The number of ketones is 1. The third-order valence-corrected chi connectivity index (χ3v) is 2.26. The van der Waals surface area contributed by atoms with E-state index in [1.54, 1.807) is 0 Å². The predicted octanol–water partition coefficient (Wildman–Crippen LogP) is 2.17. The number of anilines is 1. The number of nitrogens with two attached hydrogens (primary N) is 1. The Bertz CT molecular complexity index is 584. The maximum Gasteiger partial charge on any atom is 0.196 e. The number of nitrogens with zero attached hydrogens (tertiary/aromatic N) is 1. The fourth-order valence-corrected chi connectivity index (χ4v) is 1.43. The lowest BCUT2D eigenvalue weighted by Gasteiger charge is -2.05. The van der Waals surface area contributed by atoms with Crippen molar-refractivity contribution in [1.29, 1.82) is 0 Å². The lowest BCUT2D eigenvalue weighted by atomic mass is 10.0. The largest absolute Gasteiger partial charge is 0.396 e. The average molecular weight is 234 g/mol. The van der Waals surface area contributed by atoms with Crippen molar-refractivity contribution in [3.63, 3.8) is 0 Å². The Morgan fingerprint density at radius 1 is 1.24 bits per heavy atom. The molecule has 0 unspecified atom stereocenters. The van der Waals surface area contributed by atoms with Crippen LogP contribution in [0.15, 0.2) is 36.7 Å². The minimum absolute atomic E-state index is 0.00241. The molecular weight excluding hydrogens is 226 g/mol. The molecule has 1 aromatic carbocycles. The number of pyridine rings is 1. The summed E-state index contributed by atoms with van der Waals surface area (Å²) in [6.07, 6.45) is 2.18. The van der Waals surface area contributed by atoms with Crippen molar-refractivity contribution >= 4 is 11.5 Å². The number of para-hydroxylation sites is 1. The Labute approximate surface area is 95.9 Å². The molecule has 0 aliphatic carbocycles. The van der Waals surface area contributed by atoms with Crippen LogP contribution in [0.4, 0.5) is 14.5 Å². The monoisotopic (exact) mass is 234 g/mol. The van der Waals surface area contributed by atoms with E-state index in [9.17, 15) is 13.6 Å². The molecule has 0 amide bonds. The lowest BCUT2D eigenvalue weighted by molar-refractivity contribution is 0.103. The van der Waals surface area contributed by atoms with E-state index in [0.717, 1.165) is 18.3 Å². The van der Waals surface area contributed by atoms with E-state index in [0.29, 0.717) is 0 Å². The molecule has 5 heteroatoms. The molecular formula is C12H8F2N2O. The van der Waals surface area contributed by atoms with Crippen LogP contribution in [0.3, 0.4) is 0 Å². The third kappa shape index (κ3) is 2.13. The molecule has 0 fully saturated rings. The summed E-state index contributed by atoms with van der Waals surface area (Å²) in [5.74, 6) is -1.87. The highest BCUT2D eigenvalue weighted by Crippen LogP contribution is 2.19. The topological polar surface area (TPSA) is 56.0 Å². The van der Waals surface area contributed by atoms with E-state index >= 15 is 0 Å². The molecule has 0 spiro atoms. The summed E-state index contributed by atoms with van der Waals surface area (Å²) in [5, 5.41) is 0. The summed E-state index contributed by atoms with van der Waals surface area (Å²) in [6, 6.07) is 4.92. The van der Waals surface area contributed by atoms with E-state index in [1.165, 1.54) is 18.3 Å². The van der Waals surface area contributed by atoms with Crippen LogP contribution in [-0.4, -0.2) is 10.8 Å². The van der Waals surface area contributed by atoms with Crippen LogP contribution >= 0.6 is 0 Å². The quantitative estimate of drug-likeness (QED) is 0.640. The molecule has 0 bridgehead atoms. The van der Waals surface area contributed by atoms with E-state index in [2.05, 4.69) is 4.98 Å². The number of benzene rings is 1. The van der Waals surface area contributed by atoms with Crippen molar-refractivity contribution in [3.8, 4) is 0 Å². The van der Waals surface area contributed by atoms with Gasteiger partial charge in [0.2, 0.25) is 0 Å². The molecule has 0 radical (unpaired) electrons. The minimum atomic E-state index is -0.680. The van der Waals surface area contributed by atoms with Gasteiger partial charge in [0, 0.05) is 17.3 Å². The van der Waals surface area contributed by atoms with Crippen LogP contribution < -0.4 is 5.73 Å². The first-order chi connectivity index (χ1) is 8.09. The third-order valence-electron chi connectivity index (χ3n) is 2.26. The number of aromatic nitrogens is 1. The standard InChI is InChI=1S/C12H8F2N2O/c13-8-4-7(5-16-6-8)12(17)9-2-1-3-10(14)11(9)15/h1-6H,15H2. The molecule has 0 aliphatic rings. The van der Waals surface area contributed by atoms with Crippen LogP contribution in [0, 0.1) is 11.6 Å². The fourth-order valence-electron chi connectivity index (χ4n) is 1.43. The second kappa shape index (κ2) is 4.29. The number of rotatable bonds is 2. The average Bonchev–Trinajstić information content (AvgIpc) is 2.32. The summed E-state index contributed by atoms with van der Waals surface area (Å²) in [7, 11) is 0. The van der Waals surface area contributed by atoms with Gasteiger partial charge in [-0.3, -0.25) is 9.78 Å². The van der Waals surface area contributed by atoms with Gasteiger partial charge in [-0.1, -0.05) is 6.07 Å². The number of hydrogen-bond donors (Lipinski definition) is 1. The van der Waals surface area contributed by atoms with E-state index in [1.807, 2.05) is 0 Å². The van der Waals surface area contributed by atoms with Crippen molar-refractivity contribution in [1.82, 2.24) is 4.98 Å². The molecule has 1 aromatic heterocycles. The van der Waals surface area contributed by atoms with Crippen LogP contribution in [-0.2, 0) is 0 Å². The first-order valence-corrected chi connectivity index (χ1v) is 4.79. The molecule has 0 saturated carbocycles. The van der Waals surface area contributed by atoms with Crippen LogP contribution in [0.2, 0.25) is 0 Å². The zero-order chi connectivity index (χ0) is 12.4. The molecule has 2 N–H and O–H groups in total. The van der Waals surface area contributed by atoms with E-state index in [4.69, 9.17) is 5.73 Å². The molecule has 0 saturated heterocycles. The molecule has 1 heterocycles. The summed E-state index contributed by atoms with van der Waals surface area (Å²) in [5.41, 5.74) is 5.23. The van der Waals surface area contributed by atoms with Gasteiger partial charge in [0.1, 0.15) is 11.6 Å². The maximum absolute atomic E-state index is 13.2. The second-order valence-electron chi connectivity index (χ2n) is 3.42. The number of carbonyl (C=O) groups excluding carboxylic acids is 1. The van der Waals surface area contributed by atoms with Crippen molar-refractivity contribution in [2.24, 2.45) is 0 Å². The van der Waals surface area contributed by atoms with Gasteiger partial charge in [-0.05, 0) is 18.2 Å². The van der Waals surface area contributed by atoms with Crippen molar-refractivity contribution in [2.45, 2.75) is 0 Å². The molecule has 2 aromatic rings. The Hall–Kier alpha value is -2.30. The first-order valence-electron chi connectivity index (χ1n) is 4.79. The number of halogens is 2. The van der Waals surface area contributed by atoms with Gasteiger partial charge in [-0.15, -0.1) is 0 Å². The molecule has 86 valence electrons. The molecule has 0 aliphatic heterocycles. The highest BCUT2D eigenvalue weighted by Gasteiger charge is 2.15. The van der Waals surface area contributed by atoms with Crippen molar-refractivity contribution in [2.75, 3.05) is 5.73 Å². The van der Waals surface area contributed by atoms with Crippen molar-refractivity contribution in [3.05, 3.63) is 59.4 Å². The van der Waals surface area contributed by atoms with Crippen LogP contribution in [0.5, 0.6) is 0 Å². The van der Waals surface area contributed by atoms with Gasteiger partial charge < -0.3 is 5.73 Å². The van der Waals surface area contributed by atoms with E-state index < -0.39 is 17.4 Å². The Morgan fingerprint density at radius 2 is 2.00 bits per heavy atom. The number of nitrogen functional groups attached to an aromatic ring is 1. The van der Waals surface area contributed by atoms with Gasteiger partial charge in [-0.2, -0.15) is 0 Å². The Balaban J connectivity index is 2.48. The van der Waals surface area contributed by atoms with Crippen LogP contribution in [0.25, 0.3) is 0 Å². The van der Waals surface area contributed by atoms with Crippen LogP contribution in [0.1, 0.15) is 15.9 Å². The molecule has 2 rings (SSSR count). The minimum Gasteiger partial charge on any atom is -0.396 e. The number of hydrogen-bond acceptors (Lipinski definition) is 3. The molecule has 0 atom stereocenters. The summed E-state index contributed by atoms with van der Waals surface area (Å²) >= 11 is 0. The first kappa shape index (κ1) is 11.2. The van der Waals surface area contributed by atoms with E-state index in [-0.39, 0.29) is 16.8 Å². The summed E-state index contributed by atoms with van der Waals surface area (Å²) in [4.78, 5) is 15.5. The van der Waals surface area contributed by atoms with Crippen molar-refractivity contribution < 1.29 is 13.6 Å². The zero-order valence-corrected chi connectivity index (χ0v) is 8.65. The smallest absolute Gasteiger partial charge is 0.196 e. The van der Waals surface area contributed by atoms with Gasteiger partial charge in [0.25, 0.3) is 0 Å². The normalized spacial score (nSPS) is 10.2. The predicted molar refractivity (Wildman–Crippen MR) is 58.4 cm³/mol. The summed E-state index contributed by atoms with van der Waals surface area (Å²) in [6.45, 7) is 0. The maximum atomic E-state index is 13.2. The molecule has 17 heavy (non-hydrogen) atoms. The zero-order valence-electron chi connectivity index (χ0n) is 8.65. The summed E-state index contributed by atoms with van der Waals surface area (Å²) < 4.78 is 26.1. The van der Waals surface area contributed by atoms with Gasteiger partial charge >= 0.3 is 0 Å². The van der Waals surface area contributed by atoms with Gasteiger partial charge in [-0.25, -0.2) is 8.78 Å². The highest BCUT2D eigenvalue weighted by atomic mass is 19.1. The molecule has 3 nitrogen and oxygen atoms in total. The van der Waals surface area contributed by atoms with Gasteiger partial charge in [0.05, 0.1) is 11.9 Å². The lowest BCUT2D eigenvalue weighted by Crippen LogP contribution is -2.07. The SMILES string of the molecule is Nc1c(F)cccc1C(=O)c1cncc(F)c1. The Kier molecular flexibility index (Phi) is 2.82. The second-order valence-corrected chi connectivity index (χ2v) is 3.42. The van der Waals surface area contributed by atoms with Gasteiger partial charge in [0.15, 0.2) is 5.78 Å². The highest BCUT2D eigenvalue weighted by molar-refractivity contribution is 6.11.